The number of aliphatic hydroxyl groups excluding tert-OH is 1. The van der Waals surface area contributed by atoms with Crippen LogP contribution in [0.3, 0.4) is 0 Å². The van der Waals surface area contributed by atoms with E-state index < -0.39 is 16.3 Å². The van der Waals surface area contributed by atoms with E-state index in [1.54, 1.807) is 0 Å². The van der Waals surface area contributed by atoms with Crippen molar-refractivity contribution in [1.29, 1.82) is 10.5 Å². The molecule has 1 aromatic rings. The molecule has 0 aromatic heterocycles. The van der Waals surface area contributed by atoms with E-state index in [4.69, 9.17) is 10.5 Å². The molecule has 0 aliphatic rings. The van der Waals surface area contributed by atoms with Gasteiger partial charge in [-0.3, -0.25) is 10.1 Å². The largest absolute Gasteiger partial charge is 0.505 e. The van der Waals surface area contributed by atoms with Crippen molar-refractivity contribution in [3.05, 3.63) is 45.5 Å². The molecule has 0 heterocycles. The van der Waals surface area contributed by atoms with Gasteiger partial charge in [-0.05, 0) is 12.1 Å². The number of hydrogen-bond donors (Lipinski definition) is 1. The summed E-state index contributed by atoms with van der Waals surface area (Å²) >= 11 is 0. The number of aliphatic hydroxyl groups is 1. The smallest absolute Gasteiger partial charge is 0.269 e. The lowest BCUT2D eigenvalue weighted by molar-refractivity contribution is -0.384. The molecule has 0 amide bonds. The average Bonchev–Trinajstić information content (AvgIpc) is 2.30. The van der Waals surface area contributed by atoms with E-state index in [0.29, 0.717) is 0 Å². The highest BCUT2D eigenvalue weighted by Crippen LogP contribution is 2.19. The predicted molar refractivity (Wildman–Crippen MR) is 53.9 cm³/mol. The Balaban J connectivity index is 3.19. The topological polar surface area (TPSA) is 111 Å². The van der Waals surface area contributed by atoms with Gasteiger partial charge in [-0.25, -0.2) is 0 Å². The molecule has 78 valence electrons. The summed E-state index contributed by atoms with van der Waals surface area (Å²) in [5, 5.41) is 36.8. The Morgan fingerprint density at radius 2 is 1.75 bits per heavy atom. The van der Waals surface area contributed by atoms with Crippen molar-refractivity contribution in [3.63, 3.8) is 0 Å². The maximum absolute atomic E-state index is 10.4. The number of nitro groups is 1. The molecule has 16 heavy (non-hydrogen) atoms. The van der Waals surface area contributed by atoms with Crippen LogP contribution in [0.25, 0.3) is 5.76 Å². The highest BCUT2D eigenvalue weighted by molar-refractivity contribution is 5.69. The second-order valence-corrected chi connectivity index (χ2v) is 2.75. The van der Waals surface area contributed by atoms with Crippen LogP contribution in [0.2, 0.25) is 0 Å². The van der Waals surface area contributed by atoms with Crippen molar-refractivity contribution in [2.24, 2.45) is 0 Å². The third-order valence-electron chi connectivity index (χ3n) is 1.81. The lowest BCUT2D eigenvalue weighted by Crippen LogP contribution is -1.90. The minimum absolute atomic E-state index is 0.132. The second-order valence-electron chi connectivity index (χ2n) is 2.75. The van der Waals surface area contributed by atoms with Gasteiger partial charge >= 0.3 is 0 Å². The highest BCUT2D eigenvalue weighted by atomic mass is 16.6. The molecule has 0 saturated heterocycles. The van der Waals surface area contributed by atoms with Crippen molar-refractivity contribution in [1.82, 2.24) is 0 Å². The van der Waals surface area contributed by atoms with Crippen molar-refractivity contribution >= 4 is 11.4 Å². The van der Waals surface area contributed by atoms with E-state index in [2.05, 4.69) is 0 Å². The van der Waals surface area contributed by atoms with Gasteiger partial charge in [0, 0.05) is 17.7 Å². The van der Waals surface area contributed by atoms with Crippen molar-refractivity contribution < 1.29 is 10.0 Å². The van der Waals surface area contributed by atoms with Crippen LogP contribution in [0.4, 0.5) is 5.69 Å². The van der Waals surface area contributed by atoms with E-state index in [9.17, 15) is 15.2 Å². The number of allylic oxidation sites excluding steroid dienone is 1. The Kier molecular flexibility index (Phi) is 3.21. The zero-order valence-corrected chi connectivity index (χ0v) is 7.91. The summed E-state index contributed by atoms with van der Waals surface area (Å²) < 4.78 is 0. The predicted octanol–water partition coefficient (Wildman–Crippen LogP) is 1.91. The summed E-state index contributed by atoms with van der Waals surface area (Å²) in [6.07, 6.45) is 0. The molecule has 1 rings (SSSR count). The summed E-state index contributed by atoms with van der Waals surface area (Å²) in [5.74, 6) is -0.486. The molecule has 0 radical (unpaired) electrons. The van der Waals surface area contributed by atoms with E-state index in [0.717, 1.165) is 0 Å². The Morgan fingerprint density at radius 1 is 1.25 bits per heavy atom. The van der Waals surface area contributed by atoms with Crippen molar-refractivity contribution in [2.45, 2.75) is 0 Å². The van der Waals surface area contributed by atoms with Gasteiger partial charge < -0.3 is 5.11 Å². The Morgan fingerprint density at radius 3 is 2.12 bits per heavy atom. The first-order chi connectivity index (χ1) is 7.60. The quantitative estimate of drug-likeness (QED) is 0.350. The molecule has 0 spiro atoms. The van der Waals surface area contributed by atoms with Crippen LogP contribution in [-0.4, -0.2) is 10.0 Å². The number of hydrogen-bond acceptors (Lipinski definition) is 5. The third kappa shape index (κ3) is 2.14. The molecule has 6 heteroatoms. The number of nitrogens with zero attached hydrogens (tertiary/aromatic N) is 3. The lowest BCUT2D eigenvalue weighted by Gasteiger charge is -1.98. The third-order valence-corrected chi connectivity index (χ3v) is 1.81. The van der Waals surface area contributed by atoms with Crippen LogP contribution in [0, 0.1) is 32.8 Å². The molecular formula is C10H5N3O3. The van der Waals surface area contributed by atoms with E-state index in [-0.39, 0.29) is 11.3 Å². The van der Waals surface area contributed by atoms with Crippen LogP contribution in [0.1, 0.15) is 5.56 Å². The summed E-state index contributed by atoms with van der Waals surface area (Å²) in [5.41, 5.74) is -0.385. The Bertz CT molecular complexity index is 516. The minimum atomic E-state index is -0.583. The average molecular weight is 215 g/mol. The van der Waals surface area contributed by atoms with Gasteiger partial charge in [-0.15, -0.1) is 0 Å². The summed E-state index contributed by atoms with van der Waals surface area (Å²) in [6, 6.07) is 7.93. The van der Waals surface area contributed by atoms with Crippen LogP contribution in [0.15, 0.2) is 29.8 Å². The first-order valence-corrected chi connectivity index (χ1v) is 4.08. The molecular weight excluding hydrogens is 210 g/mol. The molecule has 0 aliphatic carbocycles. The molecule has 0 aliphatic heterocycles. The zero-order chi connectivity index (χ0) is 12.1. The van der Waals surface area contributed by atoms with Gasteiger partial charge in [0.2, 0.25) is 0 Å². The Labute approximate surface area is 90.4 Å². The van der Waals surface area contributed by atoms with E-state index >= 15 is 0 Å². The standard InChI is InChI=1S/C10H5N3O3/c11-5-8(6-12)10(14)7-1-3-9(4-2-7)13(15)16/h1-4,14H. The fraction of sp³-hybridized carbons (Fsp3) is 0. The van der Waals surface area contributed by atoms with E-state index in [1.165, 1.54) is 36.4 Å². The van der Waals surface area contributed by atoms with Gasteiger partial charge in [-0.2, -0.15) is 10.5 Å². The normalized spacial score (nSPS) is 8.62. The van der Waals surface area contributed by atoms with Crippen LogP contribution >= 0.6 is 0 Å². The number of nitro benzene ring substituents is 1. The van der Waals surface area contributed by atoms with Crippen molar-refractivity contribution in [3.8, 4) is 12.1 Å². The van der Waals surface area contributed by atoms with Crippen LogP contribution < -0.4 is 0 Å². The molecule has 1 aromatic carbocycles. The first kappa shape index (κ1) is 11.2. The number of nitriles is 2. The van der Waals surface area contributed by atoms with Gasteiger partial charge in [0.1, 0.15) is 12.1 Å². The Hall–Kier alpha value is -2.86. The second kappa shape index (κ2) is 4.58. The van der Waals surface area contributed by atoms with Crippen LogP contribution in [0.5, 0.6) is 0 Å². The zero-order valence-electron chi connectivity index (χ0n) is 7.91. The van der Waals surface area contributed by atoms with Crippen molar-refractivity contribution in [2.75, 3.05) is 0 Å². The van der Waals surface area contributed by atoms with Gasteiger partial charge in [0.05, 0.1) is 4.92 Å². The molecule has 6 nitrogen and oxygen atoms in total. The highest BCUT2D eigenvalue weighted by Gasteiger charge is 2.09. The SMILES string of the molecule is N#CC(C#N)=C(O)c1ccc([N+](=O)[O-])cc1. The van der Waals surface area contributed by atoms with Gasteiger partial charge in [0.25, 0.3) is 5.69 Å². The fourth-order valence-corrected chi connectivity index (χ4v) is 1.02. The molecule has 1 N–H and O–H groups in total. The van der Waals surface area contributed by atoms with Crippen LogP contribution in [-0.2, 0) is 0 Å². The monoisotopic (exact) mass is 215 g/mol. The lowest BCUT2D eigenvalue weighted by atomic mass is 10.1. The molecule has 0 atom stereocenters. The van der Waals surface area contributed by atoms with E-state index in [1.807, 2.05) is 0 Å². The molecule has 0 unspecified atom stereocenters. The molecule has 0 bridgehead atoms. The van der Waals surface area contributed by atoms with Gasteiger partial charge in [-0.1, -0.05) is 0 Å². The summed E-state index contributed by atoms with van der Waals surface area (Å²) in [6.45, 7) is 0. The van der Waals surface area contributed by atoms with Gasteiger partial charge in [0.15, 0.2) is 11.3 Å². The minimum Gasteiger partial charge on any atom is -0.505 e. The maximum Gasteiger partial charge on any atom is 0.269 e. The number of rotatable bonds is 2. The summed E-state index contributed by atoms with van der Waals surface area (Å²) in [4.78, 5) is 9.77. The summed E-state index contributed by atoms with van der Waals surface area (Å²) in [7, 11) is 0. The molecule has 0 fully saturated rings. The number of non-ortho nitro benzene ring substituents is 1. The first-order valence-electron chi connectivity index (χ1n) is 4.08. The number of benzene rings is 1. The maximum atomic E-state index is 10.4. The fourth-order valence-electron chi connectivity index (χ4n) is 1.02. The molecule has 0 saturated carbocycles.